The minimum absolute atomic E-state index is 0.0347. The zero-order valence-electron chi connectivity index (χ0n) is 15.9. The number of benzene rings is 1. The summed E-state index contributed by atoms with van der Waals surface area (Å²) in [5.41, 5.74) is -0.109. The van der Waals surface area contributed by atoms with E-state index in [0.29, 0.717) is 5.13 Å². The lowest BCUT2D eigenvalue weighted by atomic mass is 9.93. The molecular formula is C17H21N3O6S. The van der Waals surface area contributed by atoms with E-state index in [1.54, 1.807) is 0 Å². The Balaban J connectivity index is 2.51. The van der Waals surface area contributed by atoms with Gasteiger partial charge in [-0.1, -0.05) is 20.8 Å². The average molecular weight is 395 g/mol. The molecule has 2 rings (SSSR count). The highest BCUT2D eigenvalue weighted by Gasteiger charge is 2.33. The molecule has 0 aliphatic heterocycles. The second-order valence-corrected chi connectivity index (χ2v) is 7.40. The van der Waals surface area contributed by atoms with Gasteiger partial charge in [-0.25, -0.2) is 4.98 Å². The molecule has 9 nitrogen and oxygen atoms in total. The fourth-order valence-electron chi connectivity index (χ4n) is 2.34. The number of nitrogens with zero attached hydrogens (tertiary/aromatic N) is 2. The van der Waals surface area contributed by atoms with Gasteiger partial charge in [-0.15, -0.1) is 11.3 Å². The van der Waals surface area contributed by atoms with Crippen LogP contribution in [0.15, 0.2) is 11.4 Å². The topological polar surface area (TPSA) is 113 Å². The highest BCUT2D eigenvalue weighted by atomic mass is 32.1. The minimum atomic E-state index is -0.698. The SMILES string of the molecule is COc1cc(C(=O)Nc2nc(C(C)(C)C)cs2)c([N+](=O)[O-])c(OC)c1OC. The van der Waals surface area contributed by atoms with Crippen molar-refractivity contribution in [2.45, 2.75) is 26.2 Å². The smallest absolute Gasteiger partial charge is 0.327 e. The molecule has 0 saturated carbocycles. The number of aromatic nitrogens is 1. The van der Waals surface area contributed by atoms with Crippen molar-refractivity contribution in [3.05, 3.63) is 32.8 Å². The Morgan fingerprint density at radius 1 is 1.19 bits per heavy atom. The van der Waals surface area contributed by atoms with Gasteiger partial charge in [-0.2, -0.15) is 0 Å². The molecule has 0 aliphatic rings. The van der Waals surface area contributed by atoms with Gasteiger partial charge in [0.05, 0.1) is 31.9 Å². The summed E-state index contributed by atoms with van der Waals surface area (Å²) in [6.45, 7) is 5.99. The fraction of sp³-hybridized carbons (Fsp3) is 0.412. The number of nitro groups is 1. The second-order valence-electron chi connectivity index (χ2n) is 6.54. The maximum absolute atomic E-state index is 12.7. The quantitative estimate of drug-likeness (QED) is 0.587. The predicted octanol–water partition coefficient (Wildman–Crippen LogP) is 3.63. The third kappa shape index (κ3) is 4.11. The van der Waals surface area contributed by atoms with Crippen LogP contribution in [0.3, 0.4) is 0 Å². The number of amides is 1. The largest absolute Gasteiger partial charge is 0.493 e. The van der Waals surface area contributed by atoms with E-state index in [9.17, 15) is 14.9 Å². The summed E-state index contributed by atoms with van der Waals surface area (Å²) in [6, 6.07) is 1.24. The van der Waals surface area contributed by atoms with E-state index in [0.717, 1.165) is 5.69 Å². The highest BCUT2D eigenvalue weighted by Crippen LogP contribution is 2.46. The number of carbonyl (C=O) groups excluding carboxylic acids is 1. The van der Waals surface area contributed by atoms with E-state index in [1.807, 2.05) is 26.2 Å². The van der Waals surface area contributed by atoms with Gasteiger partial charge in [0.2, 0.25) is 11.5 Å². The maximum atomic E-state index is 12.7. The normalized spacial score (nSPS) is 11.0. The molecule has 0 fully saturated rings. The summed E-state index contributed by atoms with van der Waals surface area (Å²) in [5, 5.41) is 16.4. The molecule has 0 atom stereocenters. The van der Waals surface area contributed by atoms with Crippen molar-refractivity contribution in [3.8, 4) is 17.2 Å². The third-order valence-electron chi connectivity index (χ3n) is 3.72. The number of carbonyl (C=O) groups is 1. The number of nitro benzene ring substituents is 1. The van der Waals surface area contributed by atoms with E-state index in [2.05, 4.69) is 10.3 Å². The van der Waals surface area contributed by atoms with Crippen LogP contribution in [0.5, 0.6) is 17.2 Å². The lowest BCUT2D eigenvalue weighted by molar-refractivity contribution is -0.386. The number of ether oxygens (including phenoxy) is 3. The number of hydrogen-bond donors (Lipinski definition) is 1. The summed E-state index contributed by atoms with van der Waals surface area (Å²) in [5.74, 6) is -0.718. The first-order valence-electron chi connectivity index (χ1n) is 7.88. The number of methoxy groups -OCH3 is 3. The fourth-order valence-corrected chi connectivity index (χ4v) is 3.27. The van der Waals surface area contributed by atoms with Crippen molar-refractivity contribution in [1.82, 2.24) is 4.98 Å². The summed E-state index contributed by atoms with van der Waals surface area (Å²) in [7, 11) is 3.94. The molecule has 0 spiro atoms. The van der Waals surface area contributed by atoms with Crippen LogP contribution in [0.2, 0.25) is 0 Å². The number of rotatable bonds is 6. The Morgan fingerprint density at radius 2 is 1.81 bits per heavy atom. The Bertz CT molecular complexity index is 872. The molecule has 1 amide bonds. The van der Waals surface area contributed by atoms with Crippen LogP contribution in [-0.2, 0) is 5.41 Å². The summed E-state index contributed by atoms with van der Waals surface area (Å²) >= 11 is 1.24. The van der Waals surface area contributed by atoms with Crippen LogP contribution < -0.4 is 19.5 Å². The van der Waals surface area contributed by atoms with Gasteiger partial charge in [-0.3, -0.25) is 20.2 Å². The van der Waals surface area contributed by atoms with Crippen molar-refractivity contribution in [3.63, 3.8) is 0 Å². The van der Waals surface area contributed by atoms with Gasteiger partial charge < -0.3 is 14.2 Å². The highest BCUT2D eigenvalue weighted by molar-refractivity contribution is 7.14. The van der Waals surface area contributed by atoms with Gasteiger partial charge in [0.15, 0.2) is 10.9 Å². The molecule has 1 aromatic carbocycles. The minimum Gasteiger partial charge on any atom is -0.493 e. The van der Waals surface area contributed by atoms with Crippen molar-refractivity contribution < 1.29 is 23.9 Å². The van der Waals surface area contributed by atoms with E-state index in [4.69, 9.17) is 14.2 Å². The first kappa shape index (κ1) is 20.4. The van der Waals surface area contributed by atoms with E-state index in [1.165, 1.54) is 38.7 Å². The van der Waals surface area contributed by atoms with Crippen molar-refractivity contribution in [1.29, 1.82) is 0 Å². The lowest BCUT2D eigenvalue weighted by Crippen LogP contribution is -2.16. The Hall–Kier alpha value is -2.88. The van der Waals surface area contributed by atoms with Crippen molar-refractivity contribution >= 4 is 28.1 Å². The predicted molar refractivity (Wildman–Crippen MR) is 102 cm³/mol. The number of anilines is 1. The molecule has 0 aliphatic carbocycles. The molecule has 10 heteroatoms. The van der Waals surface area contributed by atoms with Crippen LogP contribution in [0.1, 0.15) is 36.8 Å². The third-order valence-corrected chi connectivity index (χ3v) is 4.48. The molecule has 0 bridgehead atoms. The lowest BCUT2D eigenvalue weighted by Gasteiger charge is -2.15. The Labute approximate surface area is 160 Å². The summed E-state index contributed by atoms with van der Waals surface area (Å²) in [6.07, 6.45) is 0. The molecule has 1 aromatic heterocycles. The van der Waals surface area contributed by atoms with Crippen LogP contribution in [-0.4, -0.2) is 37.1 Å². The van der Waals surface area contributed by atoms with Gasteiger partial charge in [0.25, 0.3) is 5.91 Å². The van der Waals surface area contributed by atoms with Crippen LogP contribution in [0, 0.1) is 10.1 Å². The van der Waals surface area contributed by atoms with E-state index < -0.39 is 16.5 Å². The standard InChI is InChI=1S/C17H21N3O6S/c1-17(2,3)11-8-27-16(18-11)19-15(21)9-7-10(24-4)13(25-5)14(26-6)12(9)20(22)23/h7-8H,1-6H3,(H,18,19,21). The molecule has 2 aromatic rings. The van der Waals surface area contributed by atoms with Gasteiger partial charge in [-0.05, 0) is 0 Å². The Kier molecular flexibility index (Phi) is 5.89. The Morgan fingerprint density at radius 3 is 2.26 bits per heavy atom. The molecule has 27 heavy (non-hydrogen) atoms. The second kappa shape index (κ2) is 7.78. The molecule has 1 N–H and O–H groups in total. The molecular weight excluding hydrogens is 374 g/mol. The molecule has 0 unspecified atom stereocenters. The average Bonchev–Trinajstić information content (AvgIpc) is 3.08. The molecule has 0 radical (unpaired) electrons. The van der Waals surface area contributed by atoms with Gasteiger partial charge >= 0.3 is 5.69 Å². The summed E-state index contributed by atoms with van der Waals surface area (Å²) in [4.78, 5) is 28.0. The first-order valence-corrected chi connectivity index (χ1v) is 8.76. The van der Waals surface area contributed by atoms with Crippen molar-refractivity contribution in [2.75, 3.05) is 26.6 Å². The van der Waals surface area contributed by atoms with E-state index in [-0.39, 0.29) is 28.2 Å². The monoisotopic (exact) mass is 395 g/mol. The van der Waals surface area contributed by atoms with E-state index >= 15 is 0 Å². The number of nitrogens with one attached hydrogen (secondary N) is 1. The first-order chi connectivity index (χ1) is 12.6. The maximum Gasteiger partial charge on any atom is 0.327 e. The van der Waals surface area contributed by atoms with Crippen LogP contribution in [0.4, 0.5) is 10.8 Å². The number of hydrogen-bond acceptors (Lipinski definition) is 8. The van der Waals surface area contributed by atoms with Crippen molar-refractivity contribution in [2.24, 2.45) is 0 Å². The van der Waals surface area contributed by atoms with Crippen LogP contribution >= 0.6 is 11.3 Å². The zero-order chi connectivity index (χ0) is 20.4. The zero-order valence-corrected chi connectivity index (χ0v) is 16.7. The van der Waals surface area contributed by atoms with Gasteiger partial charge in [0.1, 0.15) is 5.56 Å². The van der Waals surface area contributed by atoms with Crippen LogP contribution in [0.25, 0.3) is 0 Å². The molecule has 0 saturated heterocycles. The molecule has 1 heterocycles. The number of thiazole rings is 1. The summed E-state index contributed by atoms with van der Waals surface area (Å²) < 4.78 is 15.5. The van der Waals surface area contributed by atoms with Gasteiger partial charge in [0, 0.05) is 16.9 Å². The molecule has 146 valence electrons.